The summed E-state index contributed by atoms with van der Waals surface area (Å²) in [6, 6.07) is 8.75. The summed E-state index contributed by atoms with van der Waals surface area (Å²) in [5.74, 6) is 1.73. The van der Waals surface area contributed by atoms with Crippen molar-refractivity contribution in [2.45, 2.75) is 58.5 Å². The Morgan fingerprint density at radius 2 is 2.06 bits per heavy atom. The maximum atomic E-state index is 12.5. The van der Waals surface area contributed by atoms with Gasteiger partial charge in [-0.1, -0.05) is 6.92 Å². The Bertz CT molecular complexity index is 1110. The summed E-state index contributed by atoms with van der Waals surface area (Å²) < 4.78 is 2.11. The molecule has 1 aliphatic rings. The van der Waals surface area contributed by atoms with E-state index in [2.05, 4.69) is 81.0 Å². The Hall–Kier alpha value is -3.13. The molecule has 8 nitrogen and oxygen atoms in total. The van der Waals surface area contributed by atoms with Gasteiger partial charge in [0.15, 0.2) is 0 Å². The number of likely N-dealkylation sites (tertiary alicyclic amines) is 1. The van der Waals surface area contributed by atoms with Crippen molar-refractivity contribution < 1.29 is 4.79 Å². The summed E-state index contributed by atoms with van der Waals surface area (Å²) >= 11 is 0. The summed E-state index contributed by atoms with van der Waals surface area (Å²) in [7, 11) is 1.83. The van der Waals surface area contributed by atoms with Gasteiger partial charge in [-0.3, -0.25) is 4.79 Å². The minimum absolute atomic E-state index is 0.268. The maximum Gasteiger partial charge on any atom is 0.224 e. The molecule has 3 heterocycles. The SMILES string of the molecule is CCCNc1nc(NC)nc2cc(-n3ccc(CNCCC(=O)N4CCCCC4C)c3)ccc12. The van der Waals surface area contributed by atoms with E-state index in [1.165, 1.54) is 12.0 Å². The molecule has 0 aliphatic carbocycles. The third-order valence-corrected chi connectivity index (χ3v) is 6.47. The summed E-state index contributed by atoms with van der Waals surface area (Å²) in [4.78, 5) is 23.8. The number of carbonyl (C=O) groups is 1. The molecule has 0 saturated carbocycles. The minimum Gasteiger partial charge on any atom is -0.369 e. The van der Waals surface area contributed by atoms with Gasteiger partial charge < -0.3 is 25.4 Å². The van der Waals surface area contributed by atoms with Crippen LogP contribution in [0, 0.1) is 0 Å². The van der Waals surface area contributed by atoms with E-state index in [9.17, 15) is 4.79 Å². The summed E-state index contributed by atoms with van der Waals surface area (Å²) in [6.07, 6.45) is 9.26. The lowest BCUT2D eigenvalue weighted by atomic mass is 10.0. The highest BCUT2D eigenvalue weighted by Gasteiger charge is 2.22. The molecule has 3 aromatic rings. The number of rotatable bonds is 10. The van der Waals surface area contributed by atoms with Crippen LogP contribution in [0.2, 0.25) is 0 Å². The second kappa shape index (κ2) is 11.3. The fraction of sp³-hybridized carbons (Fsp3) is 0.500. The lowest BCUT2D eigenvalue weighted by molar-refractivity contribution is -0.134. The van der Waals surface area contributed by atoms with Gasteiger partial charge in [-0.25, -0.2) is 4.98 Å². The number of piperidine rings is 1. The van der Waals surface area contributed by atoms with E-state index in [1.54, 1.807) is 0 Å². The number of hydrogen-bond donors (Lipinski definition) is 3. The van der Waals surface area contributed by atoms with Crippen LogP contribution >= 0.6 is 0 Å². The van der Waals surface area contributed by atoms with Gasteiger partial charge >= 0.3 is 0 Å². The van der Waals surface area contributed by atoms with E-state index in [-0.39, 0.29) is 5.91 Å². The van der Waals surface area contributed by atoms with Gasteiger partial charge in [0.25, 0.3) is 0 Å². The predicted octanol–water partition coefficient (Wildman–Crippen LogP) is 4.16. The normalized spacial score (nSPS) is 16.1. The number of anilines is 2. The molecule has 0 bridgehead atoms. The Kier molecular flexibility index (Phi) is 8.00. The van der Waals surface area contributed by atoms with Crippen molar-refractivity contribution in [3.63, 3.8) is 0 Å². The fourth-order valence-corrected chi connectivity index (χ4v) is 4.51. The first-order chi connectivity index (χ1) is 16.6. The largest absolute Gasteiger partial charge is 0.369 e. The molecule has 2 aromatic heterocycles. The predicted molar refractivity (Wildman–Crippen MR) is 139 cm³/mol. The van der Waals surface area contributed by atoms with Crippen LogP contribution in [0.5, 0.6) is 0 Å². The topological polar surface area (TPSA) is 87.1 Å². The molecule has 1 amide bonds. The van der Waals surface area contributed by atoms with Crippen LogP contribution < -0.4 is 16.0 Å². The van der Waals surface area contributed by atoms with Crippen molar-refractivity contribution in [3.05, 3.63) is 42.2 Å². The highest BCUT2D eigenvalue weighted by atomic mass is 16.2. The zero-order chi connectivity index (χ0) is 23.9. The van der Waals surface area contributed by atoms with Gasteiger partial charge in [0.2, 0.25) is 11.9 Å². The number of nitrogens with zero attached hydrogens (tertiary/aromatic N) is 4. The summed E-state index contributed by atoms with van der Waals surface area (Å²) in [5, 5.41) is 10.9. The lowest BCUT2D eigenvalue weighted by Gasteiger charge is -2.33. The first-order valence-corrected chi connectivity index (χ1v) is 12.5. The number of fused-ring (bicyclic) bond motifs is 1. The Labute approximate surface area is 202 Å². The van der Waals surface area contributed by atoms with Crippen LogP contribution in [0.3, 0.4) is 0 Å². The standard InChI is InChI=1S/C26H37N7O/c1-4-12-29-25-22-9-8-21(16-23(22)30-26(27-3)31-25)32-15-11-20(18-32)17-28-13-10-24(34)33-14-6-5-7-19(33)2/h8-9,11,15-16,18-19,28H,4-7,10,12-14,17H2,1-3H3,(H2,27,29,30,31). The van der Waals surface area contributed by atoms with Crippen LogP contribution in [0.25, 0.3) is 16.6 Å². The van der Waals surface area contributed by atoms with E-state index in [4.69, 9.17) is 0 Å². The Morgan fingerprint density at radius 3 is 2.85 bits per heavy atom. The minimum atomic E-state index is 0.268. The summed E-state index contributed by atoms with van der Waals surface area (Å²) in [5.41, 5.74) is 3.13. The van der Waals surface area contributed by atoms with Crippen LogP contribution in [0.4, 0.5) is 11.8 Å². The molecule has 0 radical (unpaired) electrons. The zero-order valence-electron chi connectivity index (χ0n) is 20.6. The number of aromatic nitrogens is 3. The summed E-state index contributed by atoms with van der Waals surface area (Å²) in [6.45, 7) is 7.51. The van der Waals surface area contributed by atoms with Crippen molar-refractivity contribution >= 4 is 28.6 Å². The average Bonchev–Trinajstić information content (AvgIpc) is 3.33. The molecule has 3 N–H and O–H groups in total. The number of nitrogens with one attached hydrogen (secondary N) is 3. The van der Waals surface area contributed by atoms with Crippen LogP contribution in [-0.2, 0) is 11.3 Å². The van der Waals surface area contributed by atoms with Crippen molar-refractivity contribution in [2.24, 2.45) is 0 Å². The molecule has 1 aromatic carbocycles. The first kappa shape index (κ1) is 24.0. The lowest BCUT2D eigenvalue weighted by Crippen LogP contribution is -2.42. The molecule has 34 heavy (non-hydrogen) atoms. The monoisotopic (exact) mass is 463 g/mol. The quantitative estimate of drug-likeness (QED) is 0.391. The fourth-order valence-electron chi connectivity index (χ4n) is 4.51. The van der Waals surface area contributed by atoms with Gasteiger partial charge in [-0.15, -0.1) is 0 Å². The molecular weight excluding hydrogens is 426 g/mol. The van der Waals surface area contributed by atoms with Gasteiger partial charge in [0.1, 0.15) is 5.82 Å². The smallest absolute Gasteiger partial charge is 0.224 e. The molecule has 4 rings (SSSR count). The number of carbonyl (C=O) groups excluding carboxylic acids is 1. The Balaban J connectivity index is 1.37. The van der Waals surface area contributed by atoms with Crippen LogP contribution in [0.1, 0.15) is 51.5 Å². The molecule has 0 spiro atoms. The molecule has 1 unspecified atom stereocenters. The second-order valence-corrected chi connectivity index (χ2v) is 9.06. The van der Waals surface area contributed by atoms with Crippen molar-refractivity contribution in [1.29, 1.82) is 0 Å². The van der Waals surface area contributed by atoms with Crippen molar-refractivity contribution in [2.75, 3.05) is 37.3 Å². The number of amides is 1. The van der Waals surface area contributed by atoms with E-state index >= 15 is 0 Å². The number of benzene rings is 1. The molecule has 1 saturated heterocycles. The second-order valence-electron chi connectivity index (χ2n) is 9.06. The molecule has 1 fully saturated rings. The molecule has 8 heteroatoms. The highest BCUT2D eigenvalue weighted by molar-refractivity contribution is 5.91. The van der Waals surface area contributed by atoms with E-state index in [1.807, 2.05) is 11.9 Å². The molecular formula is C26H37N7O. The average molecular weight is 464 g/mol. The van der Waals surface area contributed by atoms with Gasteiger partial charge in [-0.2, -0.15) is 4.98 Å². The van der Waals surface area contributed by atoms with Crippen LogP contribution in [-0.4, -0.2) is 58.1 Å². The molecule has 1 aliphatic heterocycles. The van der Waals surface area contributed by atoms with Gasteiger partial charge in [0, 0.05) is 69.2 Å². The van der Waals surface area contributed by atoms with E-state index in [0.717, 1.165) is 61.3 Å². The van der Waals surface area contributed by atoms with Crippen molar-refractivity contribution in [3.8, 4) is 5.69 Å². The van der Waals surface area contributed by atoms with E-state index in [0.29, 0.717) is 25.0 Å². The van der Waals surface area contributed by atoms with E-state index < -0.39 is 0 Å². The molecule has 1 atom stereocenters. The van der Waals surface area contributed by atoms with Crippen molar-refractivity contribution in [1.82, 2.24) is 24.8 Å². The van der Waals surface area contributed by atoms with Crippen LogP contribution in [0.15, 0.2) is 36.7 Å². The maximum absolute atomic E-state index is 12.5. The number of hydrogen-bond acceptors (Lipinski definition) is 6. The van der Waals surface area contributed by atoms with Gasteiger partial charge in [-0.05, 0) is 62.4 Å². The zero-order valence-corrected chi connectivity index (χ0v) is 20.6. The third kappa shape index (κ3) is 5.67. The third-order valence-electron chi connectivity index (χ3n) is 6.47. The van der Waals surface area contributed by atoms with Gasteiger partial charge in [0.05, 0.1) is 5.52 Å². The Morgan fingerprint density at radius 1 is 1.18 bits per heavy atom. The molecule has 182 valence electrons. The highest BCUT2D eigenvalue weighted by Crippen LogP contribution is 2.25. The first-order valence-electron chi connectivity index (χ1n) is 12.5.